The van der Waals surface area contributed by atoms with Gasteiger partial charge in [-0.2, -0.15) is 0 Å². The second kappa shape index (κ2) is 18.0. The molecule has 3 aliphatic carbocycles. The maximum atomic E-state index is 7.54. The molecular formula is C76H49ClN2OS. The monoisotopic (exact) mass is 1070 g/mol. The molecule has 1 fully saturated rings. The van der Waals surface area contributed by atoms with Crippen molar-refractivity contribution in [2.75, 3.05) is 9.80 Å². The lowest BCUT2D eigenvalue weighted by molar-refractivity contribution is 0.437. The predicted octanol–water partition coefficient (Wildman–Crippen LogP) is 21.7. The van der Waals surface area contributed by atoms with Crippen molar-refractivity contribution in [3.05, 3.63) is 311 Å². The molecule has 1 spiro atoms. The van der Waals surface area contributed by atoms with Gasteiger partial charge < -0.3 is 14.5 Å². The topological polar surface area (TPSA) is 15.7 Å². The van der Waals surface area contributed by atoms with Gasteiger partial charge in [-0.15, -0.1) is 11.3 Å². The van der Waals surface area contributed by atoms with Crippen LogP contribution in [0, 0.1) is 0 Å². The number of benzene rings is 12. The molecular weight excluding hydrogens is 1020 g/mol. The van der Waals surface area contributed by atoms with E-state index in [1.807, 2.05) is 17.4 Å². The number of thiophene rings is 1. The van der Waals surface area contributed by atoms with Gasteiger partial charge in [0.15, 0.2) is 5.75 Å². The Morgan fingerprint density at radius 3 is 1.83 bits per heavy atom. The molecule has 0 saturated heterocycles. The summed E-state index contributed by atoms with van der Waals surface area (Å²) < 4.78 is 10.0. The Hall–Kier alpha value is -9.45. The molecule has 13 aromatic rings. The van der Waals surface area contributed by atoms with E-state index in [9.17, 15) is 0 Å². The molecule has 3 atom stereocenters. The quantitative estimate of drug-likeness (QED) is 0.151. The standard InChI is InChI=1S/C76H49ClN2OS/c77-49-36-43-69-65(44-49)76(63-33-19-34-68(74(63)80-69)79(51-26-11-4-12-27-51)67-42-40-54(48-22-7-2-8-23-48)75-73(67)59-31-16-18-35-70(59)81-75)62-32-17-15-29-56(62)57-38-37-52(45-64(57)76)78(50-24-9-3-10-25-50)66-41-39-53(47-20-5-1-6-21-47)71-61-46-60(61)55-28-13-14-30-58(55)72(66)71/h1-45,60-61H,46H2. The van der Waals surface area contributed by atoms with Gasteiger partial charge in [0, 0.05) is 58.9 Å². The van der Waals surface area contributed by atoms with Crippen LogP contribution < -0.4 is 14.5 Å². The molecule has 0 N–H and O–H groups in total. The first-order valence-corrected chi connectivity index (χ1v) is 29.2. The molecule has 0 radical (unpaired) electrons. The fraction of sp³-hybridized carbons (Fsp3) is 0.0526. The van der Waals surface area contributed by atoms with Crippen molar-refractivity contribution in [1.82, 2.24) is 0 Å². The van der Waals surface area contributed by atoms with Gasteiger partial charge in [-0.05, 0) is 158 Å². The first-order valence-electron chi connectivity index (χ1n) is 28.0. The molecule has 3 unspecified atom stereocenters. The number of ether oxygens (including phenoxy) is 1. The van der Waals surface area contributed by atoms with E-state index in [1.165, 1.54) is 92.6 Å². The first kappa shape index (κ1) is 46.5. The van der Waals surface area contributed by atoms with E-state index < -0.39 is 5.41 Å². The lowest BCUT2D eigenvalue weighted by Crippen LogP contribution is -2.33. The third-order valence-electron chi connectivity index (χ3n) is 17.7. The zero-order valence-corrected chi connectivity index (χ0v) is 45.5. The van der Waals surface area contributed by atoms with E-state index in [2.05, 4.69) is 277 Å². The van der Waals surface area contributed by atoms with Gasteiger partial charge in [0.1, 0.15) is 5.75 Å². The van der Waals surface area contributed by atoms with Gasteiger partial charge in [-0.3, -0.25) is 0 Å². The van der Waals surface area contributed by atoms with Crippen molar-refractivity contribution in [2.24, 2.45) is 0 Å². The van der Waals surface area contributed by atoms with Crippen LogP contribution in [0.1, 0.15) is 51.6 Å². The third kappa shape index (κ3) is 6.88. The average Bonchev–Trinajstić information content (AvgIpc) is 3.92. The highest BCUT2D eigenvalue weighted by molar-refractivity contribution is 7.26. The van der Waals surface area contributed by atoms with Crippen molar-refractivity contribution < 1.29 is 4.74 Å². The fourth-order valence-corrected chi connectivity index (χ4v) is 15.7. The number of rotatable bonds is 8. The Balaban J connectivity index is 0.933. The molecule has 0 bridgehead atoms. The number of hydrogen-bond donors (Lipinski definition) is 0. The summed E-state index contributed by atoms with van der Waals surface area (Å²) in [4.78, 5) is 4.95. The number of hydrogen-bond acceptors (Lipinski definition) is 4. The van der Waals surface area contributed by atoms with Crippen LogP contribution in [0.3, 0.4) is 0 Å². The van der Waals surface area contributed by atoms with Crippen LogP contribution in [0.4, 0.5) is 34.1 Å². The summed E-state index contributed by atoms with van der Waals surface area (Å²) in [5.74, 6) is 2.53. The highest BCUT2D eigenvalue weighted by atomic mass is 35.5. The molecule has 382 valence electrons. The van der Waals surface area contributed by atoms with E-state index in [4.69, 9.17) is 16.3 Å². The molecule has 1 aliphatic heterocycles. The number of nitrogens with zero attached hydrogens (tertiary/aromatic N) is 2. The van der Waals surface area contributed by atoms with Crippen molar-refractivity contribution in [3.8, 4) is 56.0 Å². The van der Waals surface area contributed by atoms with Crippen LogP contribution in [0.2, 0.25) is 5.02 Å². The molecule has 17 rings (SSSR count). The summed E-state index contributed by atoms with van der Waals surface area (Å²) in [6.45, 7) is 0. The van der Waals surface area contributed by atoms with Gasteiger partial charge in [0.2, 0.25) is 0 Å². The van der Waals surface area contributed by atoms with Crippen molar-refractivity contribution in [1.29, 1.82) is 0 Å². The van der Waals surface area contributed by atoms with E-state index >= 15 is 0 Å². The molecule has 1 saturated carbocycles. The summed E-state index contributed by atoms with van der Waals surface area (Å²) in [5.41, 5.74) is 22.9. The van der Waals surface area contributed by atoms with E-state index in [0.717, 1.165) is 57.5 Å². The van der Waals surface area contributed by atoms with E-state index in [1.54, 1.807) is 0 Å². The molecule has 12 aromatic carbocycles. The first-order chi connectivity index (χ1) is 40.1. The normalized spacial score (nSPS) is 16.6. The number of fused-ring (bicyclic) bond motifs is 18. The third-order valence-corrected chi connectivity index (χ3v) is 19.1. The Labute approximate surface area is 479 Å². The lowest BCUT2D eigenvalue weighted by Gasteiger charge is -2.41. The Morgan fingerprint density at radius 2 is 1.04 bits per heavy atom. The Morgan fingerprint density at radius 1 is 0.420 bits per heavy atom. The van der Waals surface area contributed by atoms with Crippen molar-refractivity contribution >= 4 is 77.2 Å². The van der Waals surface area contributed by atoms with Crippen LogP contribution >= 0.6 is 22.9 Å². The number of anilines is 6. The zero-order valence-electron chi connectivity index (χ0n) is 43.9. The second-order valence-electron chi connectivity index (χ2n) is 21.9. The number of halogens is 1. The second-order valence-corrected chi connectivity index (χ2v) is 23.4. The van der Waals surface area contributed by atoms with E-state index in [0.29, 0.717) is 16.9 Å². The molecule has 3 nitrogen and oxygen atoms in total. The summed E-state index contributed by atoms with van der Waals surface area (Å²) in [6, 6.07) is 100. The SMILES string of the molecule is Clc1ccc2c(c1)C1(c3ccccc3-c3ccc(N(c4ccccc4)c4ccc(-c5ccccc5)c5c4-c4ccccc4C4CC54)cc31)c1cccc(N(c3ccccc3)c3ccc(-c4ccccc4)c4sc5ccccc5c34)c1O2. The summed E-state index contributed by atoms with van der Waals surface area (Å²) in [7, 11) is 0. The van der Waals surface area contributed by atoms with Crippen LogP contribution in [-0.4, -0.2) is 0 Å². The average molecular weight is 1070 g/mol. The summed E-state index contributed by atoms with van der Waals surface area (Å²) >= 11 is 9.12. The summed E-state index contributed by atoms with van der Waals surface area (Å²) in [6.07, 6.45) is 1.15. The Kier molecular flexibility index (Phi) is 10.3. The van der Waals surface area contributed by atoms with Crippen LogP contribution in [-0.2, 0) is 5.41 Å². The molecule has 4 aliphatic rings. The van der Waals surface area contributed by atoms with Gasteiger partial charge in [-0.25, -0.2) is 0 Å². The minimum absolute atomic E-state index is 0.446. The van der Waals surface area contributed by atoms with Crippen LogP contribution in [0.5, 0.6) is 11.5 Å². The van der Waals surface area contributed by atoms with Crippen LogP contribution in [0.15, 0.2) is 273 Å². The predicted molar refractivity (Wildman–Crippen MR) is 337 cm³/mol. The number of para-hydroxylation sites is 3. The van der Waals surface area contributed by atoms with Crippen molar-refractivity contribution in [3.63, 3.8) is 0 Å². The van der Waals surface area contributed by atoms with Gasteiger partial charge in [0.25, 0.3) is 0 Å². The molecule has 2 heterocycles. The maximum absolute atomic E-state index is 7.54. The van der Waals surface area contributed by atoms with Crippen LogP contribution in [0.25, 0.3) is 64.7 Å². The zero-order chi connectivity index (χ0) is 53.3. The van der Waals surface area contributed by atoms with Gasteiger partial charge in [-0.1, -0.05) is 206 Å². The van der Waals surface area contributed by atoms with E-state index in [-0.39, 0.29) is 0 Å². The highest BCUT2D eigenvalue weighted by Gasteiger charge is 2.53. The maximum Gasteiger partial charge on any atom is 0.156 e. The molecule has 81 heavy (non-hydrogen) atoms. The molecule has 0 amide bonds. The molecule has 1 aromatic heterocycles. The largest absolute Gasteiger partial charge is 0.454 e. The minimum atomic E-state index is -0.859. The highest BCUT2D eigenvalue weighted by Crippen LogP contribution is 2.68. The summed E-state index contributed by atoms with van der Waals surface area (Å²) in [5, 5.41) is 3.08. The Bertz CT molecular complexity index is 4690. The van der Waals surface area contributed by atoms with Gasteiger partial charge in [0.05, 0.1) is 22.5 Å². The van der Waals surface area contributed by atoms with Crippen molar-refractivity contribution in [2.45, 2.75) is 23.7 Å². The van der Waals surface area contributed by atoms with Gasteiger partial charge >= 0.3 is 0 Å². The smallest absolute Gasteiger partial charge is 0.156 e. The fourth-order valence-electron chi connectivity index (χ4n) is 14.3. The lowest BCUT2D eigenvalue weighted by atomic mass is 9.66. The molecule has 5 heteroatoms. The minimum Gasteiger partial charge on any atom is -0.454 e.